The highest BCUT2D eigenvalue weighted by molar-refractivity contribution is 5.73. The molecule has 0 radical (unpaired) electrons. The third kappa shape index (κ3) is 1.03. The fourth-order valence-electron chi connectivity index (χ4n) is 1.23. The number of imidazole rings is 1. The zero-order valence-corrected chi connectivity index (χ0v) is 6.77. The molecule has 0 amide bonds. The van der Waals surface area contributed by atoms with E-state index >= 15 is 0 Å². The predicted octanol–water partition coefficient (Wildman–Crippen LogP) is -0.194. The monoisotopic (exact) mass is 166 g/mol. The van der Waals surface area contributed by atoms with Gasteiger partial charge in [0.25, 0.3) is 6.02 Å². The van der Waals surface area contributed by atoms with Gasteiger partial charge in [-0.15, -0.1) is 0 Å². The van der Waals surface area contributed by atoms with E-state index in [0.29, 0.717) is 6.61 Å². The van der Waals surface area contributed by atoms with Gasteiger partial charge in [-0.2, -0.15) is 0 Å². The summed E-state index contributed by atoms with van der Waals surface area (Å²) in [7, 11) is 1.92. The second-order valence-corrected chi connectivity index (χ2v) is 2.72. The third-order valence-corrected chi connectivity index (χ3v) is 1.87. The van der Waals surface area contributed by atoms with Crippen molar-refractivity contribution in [2.24, 2.45) is 17.8 Å². The van der Waals surface area contributed by atoms with Crippen LogP contribution in [0.3, 0.4) is 0 Å². The Morgan fingerprint density at radius 3 is 3.08 bits per heavy atom. The predicted molar refractivity (Wildman–Crippen MR) is 43.5 cm³/mol. The average Bonchev–Trinajstić information content (AvgIpc) is 2.58. The maximum absolute atomic E-state index is 5.38. The number of ether oxygens (including phenoxy) is 1. The lowest BCUT2D eigenvalue weighted by Crippen LogP contribution is -2.10. The minimum atomic E-state index is 0.0116. The molecule has 1 aliphatic heterocycles. The van der Waals surface area contributed by atoms with Gasteiger partial charge in [-0.1, -0.05) is 0 Å². The first kappa shape index (κ1) is 7.15. The van der Waals surface area contributed by atoms with E-state index in [1.54, 1.807) is 12.5 Å². The Morgan fingerprint density at radius 2 is 2.58 bits per heavy atom. The SMILES string of the molecule is Cn1cncc1C1COC(N)=N1. The second-order valence-electron chi connectivity index (χ2n) is 2.72. The molecule has 0 aromatic carbocycles. The summed E-state index contributed by atoms with van der Waals surface area (Å²) in [6.07, 6.45) is 3.51. The minimum absolute atomic E-state index is 0.0116. The normalized spacial score (nSPS) is 22.1. The molecule has 5 nitrogen and oxygen atoms in total. The molecule has 0 saturated heterocycles. The molecule has 1 atom stereocenters. The van der Waals surface area contributed by atoms with Crippen LogP contribution in [0.1, 0.15) is 11.7 Å². The number of hydrogen-bond donors (Lipinski definition) is 1. The van der Waals surface area contributed by atoms with Crippen LogP contribution in [0.25, 0.3) is 0 Å². The molecule has 1 aromatic rings. The van der Waals surface area contributed by atoms with E-state index in [-0.39, 0.29) is 12.1 Å². The highest BCUT2D eigenvalue weighted by atomic mass is 16.5. The van der Waals surface area contributed by atoms with Crippen LogP contribution in [-0.2, 0) is 11.8 Å². The van der Waals surface area contributed by atoms with Gasteiger partial charge in [0, 0.05) is 7.05 Å². The molecule has 2 rings (SSSR count). The van der Waals surface area contributed by atoms with Gasteiger partial charge < -0.3 is 15.0 Å². The Hall–Kier alpha value is -1.52. The fourth-order valence-corrected chi connectivity index (χ4v) is 1.23. The Balaban J connectivity index is 2.27. The van der Waals surface area contributed by atoms with Crippen molar-refractivity contribution in [2.75, 3.05) is 6.61 Å². The summed E-state index contributed by atoms with van der Waals surface area (Å²) < 4.78 is 6.94. The molecule has 1 unspecified atom stereocenters. The number of nitrogens with zero attached hydrogens (tertiary/aromatic N) is 3. The van der Waals surface area contributed by atoms with Crippen molar-refractivity contribution >= 4 is 6.02 Å². The van der Waals surface area contributed by atoms with Gasteiger partial charge >= 0.3 is 0 Å². The Morgan fingerprint density at radius 1 is 1.75 bits per heavy atom. The van der Waals surface area contributed by atoms with Crippen LogP contribution >= 0.6 is 0 Å². The molecule has 2 heterocycles. The lowest BCUT2D eigenvalue weighted by Gasteiger charge is -2.04. The first-order chi connectivity index (χ1) is 5.77. The van der Waals surface area contributed by atoms with E-state index in [2.05, 4.69) is 9.98 Å². The zero-order valence-electron chi connectivity index (χ0n) is 6.77. The Labute approximate surface area is 69.9 Å². The Bertz CT molecular complexity index is 317. The summed E-state index contributed by atoms with van der Waals surface area (Å²) in [5.74, 6) is 0. The van der Waals surface area contributed by atoms with Crippen molar-refractivity contribution in [3.8, 4) is 0 Å². The minimum Gasteiger partial charge on any atom is -0.463 e. The van der Waals surface area contributed by atoms with Crippen LogP contribution in [0.15, 0.2) is 17.5 Å². The summed E-state index contributed by atoms with van der Waals surface area (Å²) in [4.78, 5) is 8.09. The summed E-state index contributed by atoms with van der Waals surface area (Å²) in [6, 6.07) is 0.277. The van der Waals surface area contributed by atoms with E-state index in [0.717, 1.165) is 5.69 Å². The molecule has 0 fully saturated rings. The van der Waals surface area contributed by atoms with Crippen LogP contribution in [0.5, 0.6) is 0 Å². The van der Waals surface area contributed by atoms with E-state index in [4.69, 9.17) is 10.5 Å². The molecule has 0 saturated carbocycles. The number of aromatic nitrogens is 2. The standard InChI is InChI=1S/C7H10N4O/c1-11-4-9-2-6(11)5-3-12-7(8)10-5/h2,4-5H,3H2,1H3,(H2,8,10). The first-order valence-corrected chi connectivity index (χ1v) is 3.69. The van der Waals surface area contributed by atoms with Crippen LogP contribution < -0.4 is 5.73 Å². The molecule has 12 heavy (non-hydrogen) atoms. The van der Waals surface area contributed by atoms with Gasteiger partial charge in [-0.3, -0.25) is 0 Å². The average molecular weight is 166 g/mol. The number of aliphatic imine (C=N–C) groups is 1. The van der Waals surface area contributed by atoms with E-state index in [9.17, 15) is 0 Å². The molecule has 1 aromatic heterocycles. The van der Waals surface area contributed by atoms with Gasteiger partial charge in [-0.25, -0.2) is 9.98 Å². The summed E-state index contributed by atoms with van der Waals surface area (Å²) in [5, 5.41) is 0. The zero-order chi connectivity index (χ0) is 8.55. The lowest BCUT2D eigenvalue weighted by atomic mass is 10.2. The number of hydrogen-bond acceptors (Lipinski definition) is 4. The maximum atomic E-state index is 5.38. The number of aryl methyl sites for hydroxylation is 1. The van der Waals surface area contributed by atoms with Crippen LogP contribution in [0, 0.1) is 0 Å². The summed E-state index contributed by atoms with van der Waals surface area (Å²) >= 11 is 0. The van der Waals surface area contributed by atoms with E-state index in [1.807, 2.05) is 11.6 Å². The van der Waals surface area contributed by atoms with Gasteiger partial charge in [0.05, 0.1) is 18.2 Å². The first-order valence-electron chi connectivity index (χ1n) is 3.69. The van der Waals surface area contributed by atoms with Gasteiger partial charge in [0.1, 0.15) is 12.6 Å². The summed E-state index contributed by atoms with van der Waals surface area (Å²) in [5.41, 5.74) is 6.40. The molecule has 0 spiro atoms. The highest BCUT2D eigenvalue weighted by Crippen LogP contribution is 2.20. The molecular formula is C7H10N4O. The van der Waals surface area contributed by atoms with Gasteiger partial charge in [0.2, 0.25) is 0 Å². The highest BCUT2D eigenvalue weighted by Gasteiger charge is 2.20. The third-order valence-electron chi connectivity index (χ3n) is 1.87. The molecule has 1 aliphatic rings. The molecule has 64 valence electrons. The molecule has 0 bridgehead atoms. The van der Waals surface area contributed by atoms with E-state index < -0.39 is 0 Å². The van der Waals surface area contributed by atoms with Crippen LogP contribution in [0.2, 0.25) is 0 Å². The van der Waals surface area contributed by atoms with Crippen LogP contribution in [0.4, 0.5) is 0 Å². The fraction of sp³-hybridized carbons (Fsp3) is 0.429. The lowest BCUT2D eigenvalue weighted by molar-refractivity contribution is 0.311. The van der Waals surface area contributed by atoms with Gasteiger partial charge in [0.15, 0.2) is 0 Å². The number of nitrogens with two attached hydrogens (primary N) is 1. The smallest absolute Gasteiger partial charge is 0.282 e. The van der Waals surface area contributed by atoms with Crippen molar-refractivity contribution in [1.29, 1.82) is 0 Å². The summed E-state index contributed by atoms with van der Waals surface area (Å²) in [6.45, 7) is 0.519. The molecule has 5 heteroatoms. The second kappa shape index (κ2) is 2.51. The van der Waals surface area contributed by atoms with Crippen LogP contribution in [-0.4, -0.2) is 22.2 Å². The van der Waals surface area contributed by atoms with Gasteiger partial charge in [-0.05, 0) is 0 Å². The van der Waals surface area contributed by atoms with Crippen molar-refractivity contribution in [1.82, 2.24) is 9.55 Å². The van der Waals surface area contributed by atoms with E-state index in [1.165, 1.54) is 0 Å². The maximum Gasteiger partial charge on any atom is 0.282 e. The van der Waals surface area contributed by atoms with Crippen molar-refractivity contribution in [2.45, 2.75) is 6.04 Å². The quantitative estimate of drug-likeness (QED) is 0.628. The van der Waals surface area contributed by atoms with Crippen molar-refractivity contribution in [3.05, 3.63) is 18.2 Å². The number of amidine groups is 1. The van der Waals surface area contributed by atoms with Crippen molar-refractivity contribution in [3.63, 3.8) is 0 Å². The molecule has 0 aliphatic carbocycles. The largest absolute Gasteiger partial charge is 0.463 e. The molecule has 2 N–H and O–H groups in total. The number of rotatable bonds is 1. The topological polar surface area (TPSA) is 65.4 Å². The van der Waals surface area contributed by atoms with Crippen molar-refractivity contribution < 1.29 is 4.74 Å². The Kier molecular flexibility index (Phi) is 1.49. The molecular weight excluding hydrogens is 156 g/mol.